The van der Waals surface area contributed by atoms with Crippen molar-refractivity contribution >= 4 is 23.8 Å². The minimum Gasteiger partial charge on any atom is -0.468 e. The molecular weight excluding hydrogens is 450 g/mol. The molecule has 0 saturated carbocycles. The first-order valence-corrected chi connectivity index (χ1v) is 11.3. The number of ether oxygens (including phenoxy) is 3. The normalized spacial score (nSPS) is 18.8. The highest BCUT2D eigenvalue weighted by atomic mass is 16.6. The highest BCUT2D eigenvalue weighted by Gasteiger charge is 2.68. The molecule has 0 radical (unpaired) electrons. The van der Waals surface area contributed by atoms with Crippen LogP contribution >= 0.6 is 0 Å². The molecule has 0 N–H and O–H groups in total. The molecule has 1 aliphatic heterocycles. The van der Waals surface area contributed by atoms with E-state index in [4.69, 9.17) is 14.2 Å². The molecule has 3 atom stereocenters. The summed E-state index contributed by atoms with van der Waals surface area (Å²) in [6.07, 6.45) is 0. The maximum Gasteiger partial charge on any atom is 0.329 e. The van der Waals surface area contributed by atoms with Crippen molar-refractivity contribution in [2.45, 2.75) is 45.4 Å². The quantitative estimate of drug-likeness (QED) is 0.259. The second-order valence-corrected chi connectivity index (χ2v) is 9.54. The molecule has 1 heterocycles. The standard InChI is InChI=1S/C27H31NO7/c1-17(29)35-27(18-13-9-7-10-14-18,19-15-11-8-12-16-19)21-20(24(31)33-5)23(30)28(21)22(25(32)34-6)26(2,3)4/h7-16,20-22H,1-6H3/t20-,21+,22-/m1/s1. The molecule has 1 aliphatic rings. The van der Waals surface area contributed by atoms with Crippen LogP contribution in [0.5, 0.6) is 0 Å². The third kappa shape index (κ3) is 4.52. The Labute approximate surface area is 205 Å². The van der Waals surface area contributed by atoms with Crippen LogP contribution in [0.1, 0.15) is 38.8 Å². The Morgan fingerprint density at radius 3 is 1.71 bits per heavy atom. The number of hydrogen-bond acceptors (Lipinski definition) is 7. The van der Waals surface area contributed by atoms with E-state index in [0.717, 1.165) is 0 Å². The molecule has 8 heteroatoms. The fourth-order valence-corrected chi connectivity index (χ4v) is 4.87. The fraction of sp³-hybridized carbons (Fsp3) is 0.407. The van der Waals surface area contributed by atoms with Crippen molar-refractivity contribution in [2.75, 3.05) is 14.2 Å². The zero-order valence-electron chi connectivity index (χ0n) is 20.8. The van der Waals surface area contributed by atoms with Crippen LogP contribution in [-0.2, 0) is 39.0 Å². The number of benzene rings is 2. The first kappa shape index (κ1) is 25.9. The van der Waals surface area contributed by atoms with Crippen molar-refractivity contribution < 1.29 is 33.4 Å². The van der Waals surface area contributed by atoms with E-state index in [1.807, 2.05) is 0 Å². The zero-order valence-corrected chi connectivity index (χ0v) is 20.8. The number of β-lactam (4-membered cyclic amide) rings is 1. The lowest BCUT2D eigenvalue weighted by Crippen LogP contribution is -2.76. The summed E-state index contributed by atoms with van der Waals surface area (Å²) in [5.74, 6) is -3.95. The number of methoxy groups -OCH3 is 2. The molecule has 1 fully saturated rings. The van der Waals surface area contributed by atoms with Crippen molar-refractivity contribution in [1.82, 2.24) is 4.90 Å². The Balaban J connectivity index is 2.40. The van der Waals surface area contributed by atoms with Crippen molar-refractivity contribution in [3.8, 4) is 0 Å². The van der Waals surface area contributed by atoms with Gasteiger partial charge in [-0.1, -0.05) is 81.4 Å². The first-order valence-electron chi connectivity index (χ1n) is 11.3. The monoisotopic (exact) mass is 481 g/mol. The van der Waals surface area contributed by atoms with E-state index in [2.05, 4.69) is 0 Å². The number of rotatable bonds is 7. The molecule has 0 bridgehead atoms. The van der Waals surface area contributed by atoms with Crippen molar-refractivity contribution in [1.29, 1.82) is 0 Å². The lowest BCUT2D eigenvalue weighted by atomic mass is 9.66. The van der Waals surface area contributed by atoms with Crippen LogP contribution in [0.25, 0.3) is 0 Å². The molecule has 1 amide bonds. The van der Waals surface area contributed by atoms with Crippen LogP contribution in [0.4, 0.5) is 0 Å². The first-order chi connectivity index (χ1) is 16.5. The minimum absolute atomic E-state index is 0.537. The van der Waals surface area contributed by atoms with E-state index in [0.29, 0.717) is 11.1 Å². The van der Waals surface area contributed by atoms with E-state index in [1.54, 1.807) is 81.4 Å². The molecule has 2 aromatic rings. The van der Waals surface area contributed by atoms with E-state index in [-0.39, 0.29) is 0 Å². The van der Waals surface area contributed by atoms with Crippen LogP contribution in [0.2, 0.25) is 0 Å². The van der Waals surface area contributed by atoms with Gasteiger partial charge < -0.3 is 19.1 Å². The van der Waals surface area contributed by atoms with Gasteiger partial charge in [-0.3, -0.25) is 14.4 Å². The van der Waals surface area contributed by atoms with Crippen molar-refractivity contribution in [3.05, 3.63) is 71.8 Å². The van der Waals surface area contributed by atoms with Gasteiger partial charge in [0.2, 0.25) is 5.91 Å². The van der Waals surface area contributed by atoms with E-state index < -0.39 is 52.8 Å². The van der Waals surface area contributed by atoms with Crippen molar-refractivity contribution in [2.24, 2.45) is 11.3 Å². The van der Waals surface area contributed by atoms with Crippen LogP contribution in [-0.4, -0.2) is 55.0 Å². The third-order valence-electron chi connectivity index (χ3n) is 6.24. The summed E-state index contributed by atoms with van der Waals surface area (Å²) >= 11 is 0. The molecular formula is C27H31NO7. The Hall–Kier alpha value is -3.68. The fourth-order valence-electron chi connectivity index (χ4n) is 4.87. The predicted octanol–water partition coefficient (Wildman–Crippen LogP) is 3.08. The Kier molecular flexibility index (Phi) is 7.33. The van der Waals surface area contributed by atoms with Gasteiger partial charge in [-0.25, -0.2) is 4.79 Å². The Bertz CT molecular complexity index is 1050. The highest BCUT2D eigenvalue weighted by Crippen LogP contribution is 2.50. The lowest BCUT2D eigenvalue weighted by molar-refractivity contribution is -0.208. The second kappa shape index (κ2) is 9.90. The molecule has 2 aromatic carbocycles. The van der Waals surface area contributed by atoms with Crippen LogP contribution in [0.15, 0.2) is 60.7 Å². The predicted molar refractivity (Wildman–Crippen MR) is 127 cm³/mol. The zero-order chi connectivity index (χ0) is 26.0. The van der Waals surface area contributed by atoms with Gasteiger partial charge in [0.05, 0.1) is 14.2 Å². The summed E-state index contributed by atoms with van der Waals surface area (Å²) in [7, 11) is 2.43. The molecule has 0 aliphatic carbocycles. The summed E-state index contributed by atoms with van der Waals surface area (Å²) in [5, 5.41) is 0. The van der Waals surface area contributed by atoms with Gasteiger partial charge >= 0.3 is 17.9 Å². The number of hydrogen-bond donors (Lipinski definition) is 0. The number of carbonyl (C=O) groups is 4. The highest BCUT2D eigenvalue weighted by molar-refractivity contribution is 6.06. The average Bonchev–Trinajstić information content (AvgIpc) is 2.83. The van der Waals surface area contributed by atoms with Crippen LogP contribution in [0.3, 0.4) is 0 Å². The summed E-state index contributed by atoms with van der Waals surface area (Å²) in [5.41, 5.74) is -1.30. The van der Waals surface area contributed by atoms with Crippen LogP contribution < -0.4 is 0 Å². The molecule has 1 saturated heterocycles. The van der Waals surface area contributed by atoms with Gasteiger partial charge in [-0.05, 0) is 5.41 Å². The maximum atomic E-state index is 13.6. The van der Waals surface area contributed by atoms with Gasteiger partial charge in [0, 0.05) is 18.1 Å². The molecule has 0 unspecified atom stereocenters. The number of likely N-dealkylation sites (tertiary alicyclic amines) is 1. The molecule has 8 nitrogen and oxygen atoms in total. The number of carbonyl (C=O) groups excluding carboxylic acids is 4. The topological polar surface area (TPSA) is 99.2 Å². The summed E-state index contributed by atoms with van der Waals surface area (Å²) < 4.78 is 16.1. The second-order valence-electron chi connectivity index (χ2n) is 9.54. The molecule has 0 spiro atoms. The average molecular weight is 482 g/mol. The molecule has 0 aromatic heterocycles. The third-order valence-corrected chi connectivity index (χ3v) is 6.24. The van der Waals surface area contributed by atoms with Gasteiger partial charge in [0.15, 0.2) is 11.5 Å². The summed E-state index contributed by atoms with van der Waals surface area (Å²) in [6.45, 7) is 6.65. The van der Waals surface area contributed by atoms with Crippen molar-refractivity contribution in [3.63, 3.8) is 0 Å². The number of esters is 3. The number of amides is 1. The Morgan fingerprint density at radius 1 is 0.857 bits per heavy atom. The van der Waals surface area contributed by atoms with Gasteiger partial charge in [0.25, 0.3) is 0 Å². The minimum atomic E-state index is -1.61. The smallest absolute Gasteiger partial charge is 0.329 e. The van der Waals surface area contributed by atoms with E-state index in [9.17, 15) is 19.2 Å². The molecule has 35 heavy (non-hydrogen) atoms. The molecule has 3 rings (SSSR count). The number of nitrogens with zero attached hydrogens (tertiary/aromatic N) is 1. The van der Waals surface area contributed by atoms with Gasteiger partial charge in [-0.15, -0.1) is 0 Å². The maximum absolute atomic E-state index is 13.6. The SMILES string of the molecule is COC(=O)[C@H]1C(=O)N([C@H](C(=O)OC)C(C)(C)C)[C@@H]1C(OC(C)=O)(c1ccccc1)c1ccccc1. The van der Waals surface area contributed by atoms with E-state index >= 15 is 0 Å². The summed E-state index contributed by atoms with van der Waals surface area (Å²) in [4.78, 5) is 53.4. The largest absolute Gasteiger partial charge is 0.468 e. The molecule has 186 valence electrons. The van der Waals surface area contributed by atoms with Crippen LogP contribution in [0, 0.1) is 11.3 Å². The Morgan fingerprint density at radius 2 is 1.34 bits per heavy atom. The summed E-state index contributed by atoms with van der Waals surface area (Å²) in [6, 6.07) is 15.6. The van der Waals surface area contributed by atoms with E-state index in [1.165, 1.54) is 26.0 Å². The lowest BCUT2D eigenvalue weighted by Gasteiger charge is -2.58. The van der Waals surface area contributed by atoms with Gasteiger partial charge in [-0.2, -0.15) is 0 Å². The van der Waals surface area contributed by atoms with Gasteiger partial charge in [0.1, 0.15) is 12.1 Å².